The third kappa shape index (κ3) is 2.49. The normalized spacial score (nSPS) is 25.5. The van der Waals surface area contributed by atoms with E-state index in [0.717, 1.165) is 32.5 Å². The molecular weight excluding hydrogens is 186 g/mol. The summed E-state index contributed by atoms with van der Waals surface area (Å²) in [5, 5.41) is 17.5. The van der Waals surface area contributed by atoms with E-state index in [9.17, 15) is 0 Å². The molecule has 0 amide bonds. The highest BCUT2D eigenvalue weighted by atomic mass is 15.1. The lowest BCUT2D eigenvalue weighted by molar-refractivity contribution is 0.170. The fourth-order valence-corrected chi connectivity index (χ4v) is 2.43. The second kappa shape index (κ2) is 4.21. The highest BCUT2D eigenvalue weighted by Gasteiger charge is 2.43. The van der Waals surface area contributed by atoms with Crippen LogP contribution in [-0.2, 0) is 0 Å². The Hall–Kier alpha value is -1.06. The zero-order valence-electron chi connectivity index (χ0n) is 9.08. The summed E-state index contributed by atoms with van der Waals surface area (Å²) in [4.78, 5) is 2.44. The molecule has 0 spiro atoms. The van der Waals surface area contributed by atoms with Crippen LogP contribution in [0.1, 0.15) is 32.1 Å². The van der Waals surface area contributed by atoms with Crippen molar-refractivity contribution in [1.82, 2.24) is 4.90 Å². The van der Waals surface area contributed by atoms with Crippen LogP contribution in [-0.4, -0.2) is 24.5 Å². The maximum absolute atomic E-state index is 8.79. The first kappa shape index (κ1) is 10.5. The van der Waals surface area contributed by atoms with Crippen LogP contribution in [0.2, 0.25) is 0 Å². The molecule has 1 heterocycles. The van der Waals surface area contributed by atoms with Crippen molar-refractivity contribution in [2.75, 3.05) is 19.6 Å². The van der Waals surface area contributed by atoms with Gasteiger partial charge < -0.3 is 4.90 Å². The van der Waals surface area contributed by atoms with Crippen molar-refractivity contribution in [2.24, 2.45) is 11.3 Å². The molecule has 2 fully saturated rings. The Morgan fingerprint density at radius 1 is 1.20 bits per heavy atom. The highest BCUT2D eigenvalue weighted by Crippen LogP contribution is 2.49. The summed E-state index contributed by atoms with van der Waals surface area (Å²) in [7, 11) is 0. The van der Waals surface area contributed by atoms with Crippen LogP contribution in [0.3, 0.4) is 0 Å². The molecule has 0 atom stereocenters. The summed E-state index contributed by atoms with van der Waals surface area (Å²) in [6.07, 6.45) is 5.18. The van der Waals surface area contributed by atoms with Gasteiger partial charge in [0.1, 0.15) is 0 Å². The SMILES string of the molecule is N#CCC1(CN2CCC(C#N)CC2)CC1. The summed E-state index contributed by atoms with van der Waals surface area (Å²) < 4.78 is 0. The Balaban J connectivity index is 1.78. The Labute approximate surface area is 91.3 Å². The van der Waals surface area contributed by atoms with Crippen molar-refractivity contribution in [3.05, 3.63) is 0 Å². The molecule has 80 valence electrons. The average Bonchev–Trinajstić information content (AvgIpc) is 3.00. The minimum absolute atomic E-state index is 0.271. The van der Waals surface area contributed by atoms with Crippen molar-refractivity contribution in [1.29, 1.82) is 10.5 Å². The van der Waals surface area contributed by atoms with E-state index in [4.69, 9.17) is 10.5 Å². The first-order chi connectivity index (χ1) is 7.28. The third-order valence-electron chi connectivity index (χ3n) is 3.74. The molecule has 2 rings (SSSR count). The molecule has 0 unspecified atom stereocenters. The van der Waals surface area contributed by atoms with Crippen molar-refractivity contribution in [2.45, 2.75) is 32.1 Å². The Morgan fingerprint density at radius 3 is 2.33 bits per heavy atom. The van der Waals surface area contributed by atoms with Crippen LogP contribution >= 0.6 is 0 Å². The molecule has 1 aliphatic heterocycles. The van der Waals surface area contributed by atoms with Crippen molar-refractivity contribution in [3.8, 4) is 12.1 Å². The molecule has 1 saturated heterocycles. The molecule has 0 aromatic rings. The van der Waals surface area contributed by atoms with Crippen molar-refractivity contribution in [3.63, 3.8) is 0 Å². The van der Waals surface area contributed by atoms with Gasteiger partial charge >= 0.3 is 0 Å². The highest BCUT2D eigenvalue weighted by molar-refractivity contribution is 5.01. The van der Waals surface area contributed by atoms with Gasteiger partial charge in [-0.3, -0.25) is 0 Å². The lowest BCUT2D eigenvalue weighted by Crippen LogP contribution is -2.37. The average molecular weight is 203 g/mol. The predicted octanol–water partition coefficient (Wildman–Crippen LogP) is 1.92. The second-order valence-corrected chi connectivity index (χ2v) is 5.01. The summed E-state index contributed by atoms with van der Waals surface area (Å²) in [5.74, 6) is 0.271. The summed E-state index contributed by atoms with van der Waals surface area (Å²) in [6.45, 7) is 3.18. The molecule has 3 heteroatoms. The number of hydrogen-bond acceptors (Lipinski definition) is 3. The molecule has 0 aromatic carbocycles. The molecule has 1 aliphatic carbocycles. The number of nitriles is 2. The number of piperidine rings is 1. The van der Waals surface area contributed by atoms with Gasteiger partial charge in [0.25, 0.3) is 0 Å². The molecule has 15 heavy (non-hydrogen) atoms. The van der Waals surface area contributed by atoms with Crippen LogP contribution in [0.25, 0.3) is 0 Å². The topological polar surface area (TPSA) is 50.8 Å². The lowest BCUT2D eigenvalue weighted by atomic mass is 9.96. The van der Waals surface area contributed by atoms with E-state index in [2.05, 4.69) is 17.0 Å². The van der Waals surface area contributed by atoms with Gasteiger partial charge in [0.05, 0.1) is 12.1 Å². The number of likely N-dealkylation sites (tertiary alicyclic amines) is 1. The quantitative estimate of drug-likeness (QED) is 0.704. The van der Waals surface area contributed by atoms with Crippen molar-refractivity contribution < 1.29 is 0 Å². The number of hydrogen-bond donors (Lipinski definition) is 0. The van der Waals surface area contributed by atoms with Gasteiger partial charge in [-0.15, -0.1) is 0 Å². The van der Waals surface area contributed by atoms with Crippen LogP contribution in [0.15, 0.2) is 0 Å². The summed E-state index contributed by atoms with van der Waals surface area (Å²) >= 11 is 0. The maximum atomic E-state index is 8.79. The molecule has 1 saturated carbocycles. The fourth-order valence-electron chi connectivity index (χ4n) is 2.43. The molecular formula is C12H17N3. The summed E-state index contributed by atoms with van der Waals surface area (Å²) in [5.41, 5.74) is 0.328. The van der Waals surface area contributed by atoms with Crippen LogP contribution in [0.5, 0.6) is 0 Å². The van der Waals surface area contributed by atoms with E-state index in [1.54, 1.807) is 0 Å². The van der Waals surface area contributed by atoms with E-state index in [-0.39, 0.29) is 5.92 Å². The Morgan fingerprint density at radius 2 is 1.87 bits per heavy atom. The first-order valence-electron chi connectivity index (χ1n) is 5.77. The van der Waals surface area contributed by atoms with Gasteiger partial charge in [-0.05, 0) is 44.2 Å². The van der Waals surface area contributed by atoms with E-state index in [1.165, 1.54) is 12.8 Å². The van der Waals surface area contributed by atoms with Gasteiger partial charge in [-0.25, -0.2) is 0 Å². The van der Waals surface area contributed by atoms with E-state index < -0.39 is 0 Å². The largest absolute Gasteiger partial charge is 0.303 e. The zero-order valence-corrected chi connectivity index (χ0v) is 9.08. The van der Waals surface area contributed by atoms with E-state index in [0.29, 0.717) is 11.8 Å². The molecule has 2 aliphatic rings. The molecule has 0 N–H and O–H groups in total. The van der Waals surface area contributed by atoms with E-state index in [1.807, 2.05) is 0 Å². The first-order valence-corrected chi connectivity index (χ1v) is 5.77. The fraction of sp³-hybridized carbons (Fsp3) is 0.833. The number of rotatable bonds is 3. The lowest BCUT2D eigenvalue weighted by Gasteiger charge is -2.31. The van der Waals surface area contributed by atoms with Crippen LogP contribution in [0.4, 0.5) is 0 Å². The maximum Gasteiger partial charge on any atom is 0.0656 e. The molecule has 0 aromatic heterocycles. The van der Waals surface area contributed by atoms with Gasteiger partial charge in [-0.1, -0.05) is 0 Å². The zero-order chi connectivity index (χ0) is 10.7. The minimum Gasteiger partial charge on any atom is -0.303 e. The van der Waals surface area contributed by atoms with Crippen LogP contribution in [0, 0.1) is 34.0 Å². The van der Waals surface area contributed by atoms with Gasteiger partial charge in [-0.2, -0.15) is 10.5 Å². The van der Waals surface area contributed by atoms with Gasteiger partial charge in [0.2, 0.25) is 0 Å². The van der Waals surface area contributed by atoms with Gasteiger partial charge in [0.15, 0.2) is 0 Å². The van der Waals surface area contributed by atoms with Gasteiger partial charge in [0, 0.05) is 18.9 Å². The van der Waals surface area contributed by atoms with Crippen molar-refractivity contribution >= 4 is 0 Å². The van der Waals surface area contributed by atoms with Crippen LogP contribution < -0.4 is 0 Å². The Kier molecular flexibility index (Phi) is 2.93. The molecule has 3 nitrogen and oxygen atoms in total. The third-order valence-corrected chi connectivity index (χ3v) is 3.74. The summed E-state index contributed by atoms with van der Waals surface area (Å²) in [6, 6.07) is 4.65. The minimum atomic E-state index is 0.271. The molecule has 0 radical (unpaired) electrons. The monoisotopic (exact) mass is 203 g/mol. The Bertz CT molecular complexity index is 298. The second-order valence-electron chi connectivity index (χ2n) is 5.01. The van der Waals surface area contributed by atoms with E-state index >= 15 is 0 Å². The predicted molar refractivity (Wildman–Crippen MR) is 56.7 cm³/mol. The standard InChI is InChI=1S/C12H17N3/c13-6-5-12(3-4-12)10-15-7-1-11(9-14)2-8-15/h11H,1-5,7-8,10H2. The number of nitrogens with zero attached hydrogens (tertiary/aromatic N) is 3. The smallest absolute Gasteiger partial charge is 0.0656 e. The molecule has 0 bridgehead atoms.